The molecular weight excluding hydrogens is 380 g/mol. The van der Waals surface area contributed by atoms with Crippen LogP contribution in [0, 0.1) is 16.0 Å². The van der Waals surface area contributed by atoms with Crippen molar-refractivity contribution in [2.45, 2.75) is 44.6 Å². The minimum absolute atomic E-state index is 0.138. The lowest BCUT2D eigenvalue weighted by Crippen LogP contribution is -2.50. The molecule has 1 aromatic carbocycles. The van der Waals surface area contributed by atoms with Gasteiger partial charge in [0.1, 0.15) is 0 Å². The number of benzene rings is 1. The molecule has 0 spiro atoms. The summed E-state index contributed by atoms with van der Waals surface area (Å²) in [5.74, 6) is -1.45. The van der Waals surface area contributed by atoms with Crippen LogP contribution in [-0.4, -0.2) is 54.0 Å². The Morgan fingerprint density at radius 1 is 1.07 bits per heavy atom. The van der Waals surface area contributed by atoms with Gasteiger partial charge in [-0.05, 0) is 37.7 Å². The first-order valence-electron chi connectivity index (χ1n) is 9.75. The number of carbonyl (C=O) groups is 3. The number of rotatable bonds is 5. The van der Waals surface area contributed by atoms with Crippen LogP contribution in [0.25, 0.3) is 0 Å². The third kappa shape index (κ3) is 4.72. The lowest BCUT2D eigenvalue weighted by Gasteiger charge is -2.44. The number of nitro benzene ring substituents is 1. The summed E-state index contributed by atoms with van der Waals surface area (Å²) in [7, 11) is 1.13. The summed E-state index contributed by atoms with van der Waals surface area (Å²) in [6.45, 7) is 0.221. The third-order valence-electron chi connectivity index (χ3n) is 5.68. The Morgan fingerprint density at radius 3 is 2.41 bits per heavy atom. The second-order valence-corrected chi connectivity index (χ2v) is 7.43. The zero-order chi connectivity index (χ0) is 21.0. The van der Waals surface area contributed by atoms with Gasteiger partial charge >= 0.3 is 11.9 Å². The van der Waals surface area contributed by atoms with Crippen molar-refractivity contribution < 1.29 is 28.8 Å². The van der Waals surface area contributed by atoms with E-state index in [1.165, 1.54) is 6.42 Å². The predicted octanol–water partition coefficient (Wildman–Crippen LogP) is 2.72. The average molecular weight is 404 g/mol. The Kier molecular flexibility index (Phi) is 6.46. The highest BCUT2D eigenvalue weighted by Gasteiger charge is 2.35. The molecule has 2 fully saturated rings. The zero-order valence-electron chi connectivity index (χ0n) is 16.3. The summed E-state index contributed by atoms with van der Waals surface area (Å²) in [5.41, 5.74) is -0.755. The van der Waals surface area contributed by atoms with Crippen LogP contribution in [0.3, 0.4) is 0 Å². The molecule has 2 aliphatic rings. The van der Waals surface area contributed by atoms with Crippen molar-refractivity contribution in [2.24, 2.45) is 5.92 Å². The van der Waals surface area contributed by atoms with Crippen LogP contribution in [0.5, 0.6) is 0 Å². The standard InChI is InChI=1S/C20H24N2O7/c1-28-19(24)14-9-15(11-16(10-14)22(26)27)20(25)29-12-18(23)21-8-4-6-13-5-2-3-7-17(13)21/h9-11,13,17H,2-8,12H2,1H3/t13-,17-/m0/s1. The van der Waals surface area contributed by atoms with E-state index in [2.05, 4.69) is 4.74 Å². The maximum Gasteiger partial charge on any atom is 0.338 e. The fraction of sp³-hybridized carbons (Fsp3) is 0.550. The fourth-order valence-electron chi connectivity index (χ4n) is 4.30. The van der Waals surface area contributed by atoms with E-state index in [-0.39, 0.29) is 23.1 Å². The predicted molar refractivity (Wildman–Crippen MR) is 101 cm³/mol. The summed E-state index contributed by atoms with van der Waals surface area (Å²) in [4.78, 5) is 48.9. The topological polar surface area (TPSA) is 116 Å². The molecule has 9 nitrogen and oxygen atoms in total. The highest BCUT2D eigenvalue weighted by atomic mass is 16.6. The Labute approximate surface area is 168 Å². The largest absolute Gasteiger partial charge is 0.465 e. The van der Waals surface area contributed by atoms with E-state index in [4.69, 9.17) is 4.74 Å². The molecule has 156 valence electrons. The van der Waals surface area contributed by atoms with E-state index < -0.39 is 29.2 Å². The molecule has 1 saturated carbocycles. The Bertz CT molecular complexity index is 821. The van der Waals surface area contributed by atoms with Crippen LogP contribution >= 0.6 is 0 Å². The van der Waals surface area contributed by atoms with Gasteiger partial charge in [0.2, 0.25) is 0 Å². The molecule has 0 unspecified atom stereocenters. The lowest BCUT2D eigenvalue weighted by molar-refractivity contribution is -0.384. The van der Waals surface area contributed by atoms with Crippen LogP contribution in [0.2, 0.25) is 0 Å². The minimum Gasteiger partial charge on any atom is -0.465 e. The summed E-state index contributed by atoms with van der Waals surface area (Å²) in [6, 6.07) is 3.39. The number of nitro groups is 1. The van der Waals surface area contributed by atoms with Crippen molar-refractivity contribution in [3.05, 3.63) is 39.4 Å². The SMILES string of the molecule is COC(=O)c1cc(C(=O)OCC(=O)N2CCC[C@@H]3CCCC[C@@H]32)cc([N+](=O)[O-])c1. The van der Waals surface area contributed by atoms with Crippen molar-refractivity contribution in [2.75, 3.05) is 20.3 Å². The Balaban J connectivity index is 1.68. The highest BCUT2D eigenvalue weighted by molar-refractivity contribution is 5.97. The smallest absolute Gasteiger partial charge is 0.338 e. The maximum atomic E-state index is 12.7. The zero-order valence-corrected chi connectivity index (χ0v) is 16.3. The van der Waals surface area contributed by atoms with Crippen molar-refractivity contribution in [1.29, 1.82) is 0 Å². The normalized spacial score (nSPS) is 21.1. The van der Waals surface area contributed by atoms with Crippen molar-refractivity contribution >= 4 is 23.5 Å². The molecule has 0 N–H and O–H groups in total. The van der Waals surface area contributed by atoms with E-state index >= 15 is 0 Å². The van der Waals surface area contributed by atoms with Gasteiger partial charge in [0.25, 0.3) is 11.6 Å². The van der Waals surface area contributed by atoms with Crippen molar-refractivity contribution in [3.8, 4) is 0 Å². The van der Waals surface area contributed by atoms with Gasteiger partial charge in [-0.1, -0.05) is 12.8 Å². The minimum atomic E-state index is -0.899. The average Bonchev–Trinajstić information content (AvgIpc) is 2.75. The second kappa shape index (κ2) is 9.02. The van der Waals surface area contributed by atoms with Crippen LogP contribution in [-0.2, 0) is 14.3 Å². The number of carbonyl (C=O) groups excluding carboxylic acids is 3. The van der Waals surface area contributed by atoms with Gasteiger partial charge in [-0.25, -0.2) is 9.59 Å². The van der Waals surface area contributed by atoms with E-state index in [1.807, 2.05) is 4.90 Å². The summed E-state index contributed by atoms with van der Waals surface area (Å²) >= 11 is 0. The monoisotopic (exact) mass is 404 g/mol. The lowest BCUT2D eigenvalue weighted by atomic mass is 9.78. The summed E-state index contributed by atoms with van der Waals surface area (Å²) in [6.07, 6.45) is 6.44. The van der Waals surface area contributed by atoms with Gasteiger partial charge in [-0.15, -0.1) is 0 Å². The molecule has 2 atom stereocenters. The summed E-state index contributed by atoms with van der Waals surface area (Å²) < 4.78 is 9.68. The molecule has 1 amide bonds. The van der Waals surface area contributed by atoms with Crippen LogP contribution < -0.4 is 0 Å². The summed E-state index contributed by atoms with van der Waals surface area (Å²) in [5, 5.41) is 11.1. The number of non-ortho nitro benzene ring substituents is 1. The van der Waals surface area contributed by atoms with Crippen LogP contribution in [0.15, 0.2) is 18.2 Å². The van der Waals surface area contributed by atoms with Gasteiger partial charge in [-0.2, -0.15) is 0 Å². The van der Waals surface area contributed by atoms with E-state index in [1.54, 1.807) is 0 Å². The molecule has 1 aromatic rings. The first kappa shape index (κ1) is 20.8. The number of methoxy groups -OCH3 is 1. The molecule has 1 heterocycles. The molecule has 9 heteroatoms. The number of hydrogen-bond donors (Lipinski definition) is 0. The number of fused-ring (bicyclic) bond motifs is 1. The number of piperidine rings is 1. The quantitative estimate of drug-likeness (QED) is 0.421. The van der Waals surface area contributed by atoms with E-state index in [9.17, 15) is 24.5 Å². The Hall–Kier alpha value is -2.97. The van der Waals surface area contributed by atoms with Crippen molar-refractivity contribution in [1.82, 2.24) is 4.90 Å². The molecule has 0 radical (unpaired) electrons. The van der Waals surface area contributed by atoms with Gasteiger partial charge in [0, 0.05) is 24.7 Å². The molecule has 1 aliphatic heterocycles. The number of hydrogen-bond acceptors (Lipinski definition) is 7. The van der Waals surface area contributed by atoms with Crippen LogP contribution in [0.1, 0.15) is 59.2 Å². The highest BCUT2D eigenvalue weighted by Crippen LogP contribution is 2.35. The van der Waals surface area contributed by atoms with Gasteiger partial charge in [-0.3, -0.25) is 14.9 Å². The Morgan fingerprint density at radius 2 is 1.72 bits per heavy atom. The number of nitrogens with zero attached hydrogens (tertiary/aromatic N) is 2. The van der Waals surface area contributed by atoms with Gasteiger partial charge < -0.3 is 14.4 Å². The molecule has 1 saturated heterocycles. The molecule has 3 rings (SSSR count). The number of ether oxygens (including phenoxy) is 2. The first-order valence-corrected chi connectivity index (χ1v) is 9.75. The van der Waals surface area contributed by atoms with E-state index in [0.717, 1.165) is 57.4 Å². The molecule has 1 aliphatic carbocycles. The maximum absolute atomic E-state index is 12.7. The third-order valence-corrected chi connectivity index (χ3v) is 5.68. The number of likely N-dealkylation sites (tertiary alicyclic amines) is 1. The number of amides is 1. The first-order chi connectivity index (χ1) is 13.9. The van der Waals surface area contributed by atoms with Gasteiger partial charge in [0.15, 0.2) is 6.61 Å². The molecule has 0 bridgehead atoms. The molecule has 29 heavy (non-hydrogen) atoms. The molecule has 0 aromatic heterocycles. The number of esters is 2. The van der Waals surface area contributed by atoms with Crippen molar-refractivity contribution in [3.63, 3.8) is 0 Å². The van der Waals surface area contributed by atoms with E-state index in [0.29, 0.717) is 12.5 Å². The molecular formula is C20H24N2O7. The van der Waals surface area contributed by atoms with Crippen LogP contribution in [0.4, 0.5) is 5.69 Å². The second-order valence-electron chi connectivity index (χ2n) is 7.43. The van der Waals surface area contributed by atoms with Gasteiger partial charge in [0.05, 0.1) is 23.2 Å². The fourth-order valence-corrected chi connectivity index (χ4v) is 4.30.